The molecule has 0 aromatic carbocycles. The molecule has 0 aliphatic heterocycles. The number of aliphatic hydroxyl groups excluding tert-OH is 1. The number of fused-ring (bicyclic) bond motifs is 1. The van der Waals surface area contributed by atoms with E-state index in [2.05, 4.69) is 11.4 Å². The van der Waals surface area contributed by atoms with Gasteiger partial charge in [0.2, 0.25) is 0 Å². The van der Waals surface area contributed by atoms with Crippen molar-refractivity contribution in [3.05, 3.63) is 21.9 Å². The zero-order chi connectivity index (χ0) is 10.3. The van der Waals surface area contributed by atoms with Crippen LogP contribution in [0.2, 0.25) is 0 Å². The van der Waals surface area contributed by atoms with E-state index in [4.69, 9.17) is 0 Å². The molecule has 2 unspecified atom stereocenters. The maximum atomic E-state index is 10.4. The van der Waals surface area contributed by atoms with Gasteiger partial charge in [0, 0.05) is 10.8 Å². The van der Waals surface area contributed by atoms with E-state index >= 15 is 0 Å². The van der Waals surface area contributed by atoms with Gasteiger partial charge in [-0.3, -0.25) is 0 Å². The zero-order valence-corrected chi connectivity index (χ0v) is 9.80. The molecule has 0 bridgehead atoms. The summed E-state index contributed by atoms with van der Waals surface area (Å²) in [6.45, 7) is 0. The highest BCUT2D eigenvalue weighted by atomic mass is 32.1. The first-order valence-corrected chi connectivity index (χ1v) is 6.98. The van der Waals surface area contributed by atoms with Crippen LogP contribution in [-0.2, 0) is 6.42 Å². The molecule has 15 heavy (non-hydrogen) atoms. The number of hydrogen-bond donors (Lipinski definition) is 1. The Labute approximate surface area is 95.1 Å². The largest absolute Gasteiger partial charge is 0.392 e. The molecule has 1 saturated carbocycles. The van der Waals surface area contributed by atoms with Crippen LogP contribution in [0, 0.1) is 5.92 Å². The Hall–Kier alpha value is -0.340. The van der Waals surface area contributed by atoms with Crippen LogP contribution < -0.4 is 0 Å². The molecular weight excluding hydrogens is 204 g/mol. The SMILES string of the molecule is OC(C1CCC1)C1CCCc2sccc21. The van der Waals surface area contributed by atoms with Gasteiger partial charge in [0.15, 0.2) is 0 Å². The van der Waals surface area contributed by atoms with Crippen molar-refractivity contribution in [3.8, 4) is 0 Å². The van der Waals surface area contributed by atoms with E-state index in [0.717, 1.165) is 0 Å². The minimum atomic E-state index is -0.0626. The van der Waals surface area contributed by atoms with Gasteiger partial charge < -0.3 is 5.11 Å². The lowest BCUT2D eigenvalue weighted by Gasteiger charge is -2.37. The maximum Gasteiger partial charge on any atom is 0.0637 e. The number of hydrogen-bond acceptors (Lipinski definition) is 2. The molecule has 1 heterocycles. The molecule has 2 atom stereocenters. The molecule has 0 spiro atoms. The van der Waals surface area contributed by atoms with Crippen LogP contribution in [0.1, 0.15) is 48.5 Å². The van der Waals surface area contributed by atoms with E-state index in [1.54, 1.807) is 0 Å². The summed E-state index contributed by atoms with van der Waals surface area (Å²) in [6.07, 6.45) is 7.45. The Balaban J connectivity index is 1.82. The first kappa shape index (κ1) is 9.86. The average molecular weight is 222 g/mol. The predicted molar refractivity (Wildman–Crippen MR) is 63.3 cm³/mol. The van der Waals surface area contributed by atoms with Crippen molar-refractivity contribution in [2.45, 2.75) is 50.5 Å². The van der Waals surface area contributed by atoms with Crippen LogP contribution in [0.4, 0.5) is 0 Å². The molecule has 2 aliphatic carbocycles. The van der Waals surface area contributed by atoms with Gasteiger partial charge in [-0.2, -0.15) is 0 Å². The lowest BCUT2D eigenvalue weighted by atomic mass is 9.72. The quantitative estimate of drug-likeness (QED) is 0.813. The standard InChI is InChI=1S/C13H18OS/c14-13(9-3-1-4-9)11-5-2-6-12-10(11)7-8-15-12/h7-9,11,13-14H,1-6H2. The van der Waals surface area contributed by atoms with E-state index in [-0.39, 0.29) is 6.10 Å². The van der Waals surface area contributed by atoms with E-state index in [1.165, 1.54) is 49.0 Å². The van der Waals surface area contributed by atoms with Gasteiger partial charge in [-0.15, -0.1) is 11.3 Å². The van der Waals surface area contributed by atoms with Gasteiger partial charge in [-0.1, -0.05) is 6.42 Å². The van der Waals surface area contributed by atoms with Gasteiger partial charge in [-0.25, -0.2) is 0 Å². The van der Waals surface area contributed by atoms with Crippen molar-refractivity contribution < 1.29 is 5.11 Å². The third kappa shape index (κ3) is 1.64. The minimum Gasteiger partial charge on any atom is -0.392 e. The maximum absolute atomic E-state index is 10.4. The Bertz CT molecular complexity index is 340. The molecule has 1 aromatic rings. The fraction of sp³-hybridized carbons (Fsp3) is 0.692. The van der Waals surface area contributed by atoms with E-state index < -0.39 is 0 Å². The topological polar surface area (TPSA) is 20.2 Å². The highest BCUT2D eigenvalue weighted by Gasteiger charge is 2.34. The second-order valence-corrected chi connectivity index (χ2v) is 5.98. The number of aryl methyl sites for hydroxylation is 1. The lowest BCUT2D eigenvalue weighted by Crippen LogP contribution is -2.33. The van der Waals surface area contributed by atoms with Crippen LogP contribution >= 0.6 is 11.3 Å². The molecule has 1 fully saturated rings. The predicted octanol–water partition coefficient (Wildman–Crippen LogP) is 3.33. The van der Waals surface area contributed by atoms with E-state index in [0.29, 0.717) is 11.8 Å². The van der Waals surface area contributed by atoms with Gasteiger partial charge in [-0.05, 0) is 55.0 Å². The molecule has 1 aromatic heterocycles. The second kappa shape index (κ2) is 3.91. The molecule has 0 radical (unpaired) electrons. The normalized spacial score (nSPS) is 28.2. The smallest absolute Gasteiger partial charge is 0.0637 e. The van der Waals surface area contributed by atoms with E-state index in [1.807, 2.05) is 11.3 Å². The molecule has 82 valence electrons. The summed E-state index contributed by atoms with van der Waals surface area (Å²) in [5, 5.41) is 12.6. The first-order valence-electron chi connectivity index (χ1n) is 6.10. The molecule has 0 saturated heterocycles. The molecule has 1 N–H and O–H groups in total. The third-order valence-corrected chi connectivity index (χ3v) is 5.14. The highest BCUT2D eigenvalue weighted by molar-refractivity contribution is 7.10. The molecular formula is C13H18OS. The number of aliphatic hydroxyl groups is 1. The summed E-state index contributed by atoms with van der Waals surface area (Å²) < 4.78 is 0. The van der Waals surface area contributed by atoms with Crippen molar-refractivity contribution in [3.63, 3.8) is 0 Å². The highest BCUT2D eigenvalue weighted by Crippen LogP contribution is 2.42. The van der Waals surface area contributed by atoms with Gasteiger partial charge in [0.25, 0.3) is 0 Å². The van der Waals surface area contributed by atoms with Gasteiger partial charge in [0.1, 0.15) is 0 Å². The average Bonchev–Trinajstić information content (AvgIpc) is 2.61. The van der Waals surface area contributed by atoms with E-state index in [9.17, 15) is 5.11 Å². The Morgan fingerprint density at radius 1 is 1.27 bits per heavy atom. The summed E-state index contributed by atoms with van der Waals surface area (Å²) in [6, 6.07) is 2.24. The van der Waals surface area contributed by atoms with Crippen molar-refractivity contribution >= 4 is 11.3 Å². The monoisotopic (exact) mass is 222 g/mol. The number of rotatable bonds is 2. The zero-order valence-electron chi connectivity index (χ0n) is 8.98. The Morgan fingerprint density at radius 2 is 2.13 bits per heavy atom. The Kier molecular flexibility index (Phi) is 2.57. The fourth-order valence-corrected chi connectivity index (χ4v) is 3.98. The van der Waals surface area contributed by atoms with Crippen LogP contribution in [0.5, 0.6) is 0 Å². The minimum absolute atomic E-state index is 0.0626. The fourth-order valence-electron chi connectivity index (χ4n) is 2.99. The van der Waals surface area contributed by atoms with Crippen molar-refractivity contribution in [2.24, 2.45) is 5.92 Å². The van der Waals surface area contributed by atoms with Crippen LogP contribution in [0.25, 0.3) is 0 Å². The van der Waals surface area contributed by atoms with Crippen LogP contribution in [0.15, 0.2) is 11.4 Å². The molecule has 2 aliphatic rings. The molecule has 0 amide bonds. The molecule has 1 nitrogen and oxygen atoms in total. The van der Waals surface area contributed by atoms with Gasteiger partial charge >= 0.3 is 0 Å². The number of thiophene rings is 1. The first-order chi connectivity index (χ1) is 7.36. The van der Waals surface area contributed by atoms with Gasteiger partial charge in [0.05, 0.1) is 6.10 Å². The summed E-state index contributed by atoms with van der Waals surface area (Å²) in [7, 11) is 0. The van der Waals surface area contributed by atoms with Crippen LogP contribution in [0.3, 0.4) is 0 Å². The summed E-state index contributed by atoms with van der Waals surface area (Å²) >= 11 is 1.87. The molecule has 3 rings (SSSR count). The third-order valence-electron chi connectivity index (χ3n) is 4.14. The lowest BCUT2D eigenvalue weighted by molar-refractivity contribution is 0.0355. The second-order valence-electron chi connectivity index (χ2n) is 4.98. The van der Waals surface area contributed by atoms with Crippen molar-refractivity contribution in [1.29, 1.82) is 0 Å². The summed E-state index contributed by atoms with van der Waals surface area (Å²) in [5.41, 5.74) is 1.46. The summed E-state index contributed by atoms with van der Waals surface area (Å²) in [5.74, 6) is 1.05. The Morgan fingerprint density at radius 3 is 2.87 bits per heavy atom. The molecule has 2 heteroatoms. The van der Waals surface area contributed by atoms with Crippen LogP contribution in [-0.4, -0.2) is 11.2 Å². The van der Waals surface area contributed by atoms with Crippen molar-refractivity contribution in [1.82, 2.24) is 0 Å². The van der Waals surface area contributed by atoms with Crippen molar-refractivity contribution in [2.75, 3.05) is 0 Å². The summed E-state index contributed by atoms with van der Waals surface area (Å²) in [4.78, 5) is 1.53.